The van der Waals surface area contributed by atoms with Crippen LogP contribution in [0.15, 0.2) is 34.6 Å². The highest BCUT2D eigenvalue weighted by atomic mass is 32.2. The van der Waals surface area contributed by atoms with Crippen molar-refractivity contribution in [3.8, 4) is 0 Å². The van der Waals surface area contributed by atoms with E-state index in [1.165, 1.54) is 24.5 Å². The largest absolute Gasteiger partial charge is 0.481 e. The number of benzene rings is 1. The number of nitro groups is 1. The molecule has 0 aliphatic carbocycles. The minimum Gasteiger partial charge on any atom is -0.481 e. The van der Waals surface area contributed by atoms with E-state index in [1.54, 1.807) is 25.5 Å². The van der Waals surface area contributed by atoms with Gasteiger partial charge in [-0.15, -0.1) is 10.2 Å². The zero-order valence-corrected chi connectivity index (χ0v) is 15.8. The quantitative estimate of drug-likeness (QED) is 0.514. The highest BCUT2D eigenvalue weighted by molar-refractivity contribution is 7.99. The topological polar surface area (TPSA) is 140 Å². The molecule has 27 heavy (non-hydrogen) atoms. The third-order valence-corrected chi connectivity index (χ3v) is 4.82. The van der Waals surface area contributed by atoms with Crippen molar-refractivity contribution in [2.24, 2.45) is 7.05 Å². The molecule has 0 radical (unpaired) electrons. The number of hydrogen-bond acceptors (Lipinski definition) is 7. The Balaban J connectivity index is 2.21. The van der Waals surface area contributed by atoms with Crippen molar-refractivity contribution in [3.05, 3.63) is 40.2 Å². The molecule has 1 amide bonds. The Morgan fingerprint density at radius 2 is 2.11 bits per heavy atom. The number of aromatic nitrogens is 3. The van der Waals surface area contributed by atoms with Gasteiger partial charge in [-0.2, -0.15) is 0 Å². The number of aryl methyl sites for hydroxylation is 1. The lowest BCUT2D eigenvalue weighted by molar-refractivity contribution is -0.387. The number of nitrogens with zero attached hydrogens (tertiary/aromatic N) is 4. The summed E-state index contributed by atoms with van der Waals surface area (Å²) >= 11 is 1.07. The maximum Gasteiger partial charge on any atom is 0.303 e. The first-order chi connectivity index (χ1) is 12.6. The van der Waals surface area contributed by atoms with E-state index in [1.807, 2.05) is 0 Å². The van der Waals surface area contributed by atoms with Crippen LogP contribution in [0, 0.1) is 10.1 Å². The number of carboxylic acids is 1. The fourth-order valence-electron chi connectivity index (χ4n) is 2.21. The van der Waals surface area contributed by atoms with Crippen molar-refractivity contribution in [3.63, 3.8) is 0 Å². The number of hydrogen-bond donors (Lipinski definition) is 2. The van der Waals surface area contributed by atoms with E-state index in [0.29, 0.717) is 10.1 Å². The molecule has 1 heterocycles. The number of amides is 1. The van der Waals surface area contributed by atoms with E-state index in [-0.39, 0.29) is 24.1 Å². The van der Waals surface area contributed by atoms with Crippen LogP contribution in [0.2, 0.25) is 0 Å². The van der Waals surface area contributed by atoms with Crippen LogP contribution in [0.25, 0.3) is 0 Å². The van der Waals surface area contributed by atoms with Gasteiger partial charge in [0, 0.05) is 30.6 Å². The molecule has 0 saturated carbocycles. The van der Waals surface area contributed by atoms with Gasteiger partial charge in [0.2, 0.25) is 0 Å². The van der Waals surface area contributed by atoms with Crippen LogP contribution in [0.4, 0.5) is 5.69 Å². The van der Waals surface area contributed by atoms with E-state index in [2.05, 4.69) is 15.5 Å². The van der Waals surface area contributed by atoms with E-state index >= 15 is 0 Å². The Bertz CT molecular complexity index is 880. The molecular weight excluding hydrogens is 374 g/mol. The summed E-state index contributed by atoms with van der Waals surface area (Å²) in [5.74, 6) is -1.47. The lowest BCUT2D eigenvalue weighted by atomic mass is 9.97. The molecule has 11 heteroatoms. The fourth-order valence-corrected chi connectivity index (χ4v) is 3.06. The number of rotatable bonds is 8. The number of aliphatic carboxylic acids is 1. The summed E-state index contributed by atoms with van der Waals surface area (Å²) in [4.78, 5) is 34.4. The third kappa shape index (κ3) is 5.51. The molecule has 0 saturated heterocycles. The van der Waals surface area contributed by atoms with E-state index in [4.69, 9.17) is 5.11 Å². The number of nitrogens with one attached hydrogen (secondary N) is 1. The maximum atomic E-state index is 12.4. The Hall–Kier alpha value is -2.95. The minimum atomic E-state index is -0.960. The van der Waals surface area contributed by atoms with Gasteiger partial charge in [-0.05, 0) is 44.2 Å². The SMILES string of the molecule is Cn1cnnc1Sc1ccc(C(=O)NC(C)(C)CCC(=O)O)cc1[N+](=O)[O-]. The number of carbonyl (C=O) groups excluding carboxylic acids is 1. The summed E-state index contributed by atoms with van der Waals surface area (Å²) in [6, 6.07) is 4.16. The van der Waals surface area contributed by atoms with Gasteiger partial charge in [-0.25, -0.2) is 0 Å². The van der Waals surface area contributed by atoms with Crippen LogP contribution < -0.4 is 5.32 Å². The number of carbonyl (C=O) groups is 2. The zero-order chi connectivity index (χ0) is 20.2. The van der Waals surface area contributed by atoms with Crippen molar-refractivity contribution < 1.29 is 19.6 Å². The Morgan fingerprint density at radius 3 is 2.67 bits per heavy atom. The zero-order valence-electron chi connectivity index (χ0n) is 15.0. The molecule has 2 N–H and O–H groups in total. The van der Waals surface area contributed by atoms with Crippen molar-refractivity contribution in [1.82, 2.24) is 20.1 Å². The predicted octanol–water partition coefficient (Wildman–Crippen LogP) is 2.25. The molecule has 2 aromatic rings. The predicted molar refractivity (Wildman–Crippen MR) is 96.6 cm³/mol. The molecule has 0 atom stereocenters. The second kappa shape index (κ2) is 8.16. The third-order valence-electron chi connectivity index (χ3n) is 3.70. The van der Waals surface area contributed by atoms with Crippen molar-refractivity contribution >= 4 is 29.3 Å². The van der Waals surface area contributed by atoms with Crippen LogP contribution in [0.1, 0.15) is 37.0 Å². The molecule has 1 aromatic carbocycles. The number of carboxylic acid groups (broad SMARTS) is 1. The summed E-state index contributed by atoms with van der Waals surface area (Å²) < 4.78 is 1.62. The van der Waals surface area contributed by atoms with E-state index in [9.17, 15) is 19.7 Å². The van der Waals surface area contributed by atoms with Gasteiger partial charge < -0.3 is 15.0 Å². The molecular formula is C16H19N5O5S. The van der Waals surface area contributed by atoms with Gasteiger partial charge in [0.05, 0.1) is 9.82 Å². The lowest BCUT2D eigenvalue weighted by Gasteiger charge is -2.25. The average molecular weight is 393 g/mol. The molecule has 0 aliphatic rings. The summed E-state index contributed by atoms with van der Waals surface area (Å²) in [5.41, 5.74) is -0.873. The normalized spacial score (nSPS) is 11.2. The summed E-state index contributed by atoms with van der Waals surface area (Å²) in [6.45, 7) is 3.39. The second-order valence-corrected chi connectivity index (χ2v) is 7.51. The van der Waals surface area contributed by atoms with Crippen LogP contribution >= 0.6 is 11.8 Å². The first kappa shape index (κ1) is 20.4. The lowest BCUT2D eigenvalue weighted by Crippen LogP contribution is -2.43. The van der Waals surface area contributed by atoms with E-state index < -0.39 is 22.3 Å². The Kier molecular flexibility index (Phi) is 6.16. The van der Waals surface area contributed by atoms with Gasteiger partial charge in [0.1, 0.15) is 6.33 Å². The van der Waals surface area contributed by atoms with Gasteiger partial charge >= 0.3 is 5.97 Å². The average Bonchev–Trinajstić information content (AvgIpc) is 2.97. The van der Waals surface area contributed by atoms with Gasteiger partial charge in [0.25, 0.3) is 11.6 Å². The first-order valence-electron chi connectivity index (χ1n) is 7.93. The standard InChI is InChI=1S/C16H19N5O5S/c1-16(2,7-6-13(22)23)18-14(24)10-4-5-12(11(8-10)21(25)26)27-15-19-17-9-20(15)3/h4-5,8-9H,6-7H2,1-3H3,(H,18,24)(H,22,23). The van der Waals surface area contributed by atoms with Crippen LogP contribution in [-0.2, 0) is 11.8 Å². The highest BCUT2D eigenvalue weighted by Gasteiger charge is 2.25. The van der Waals surface area contributed by atoms with Gasteiger partial charge in [0.15, 0.2) is 5.16 Å². The van der Waals surface area contributed by atoms with E-state index in [0.717, 1.165) is 11.8 Å². The molecule has 1 aromatic heterocycles. The molecule has 144 valence electrons. The number of nitro benzene ring substituents is 1. The van der Waals surface area contributed by atoms with Gasteiger partial charge in [-0.1, -0.05) is 0 Å². The molecule has 0 aliphatic heterocycles. The van der Waals surface area contributed by atoms with Crippen LogP contribution in [0.5, 0.6) is 0 Å². The molecule has 10 nitrogen and oxygen atoms in total. The minimum absolute atomic E-state index is 0.0965. The highest BCUT2D eigenvalue weighted by Crippen LogP contribution is 2.34. The van der Waals surface area contributed by atoms with Crippen molar-refractivity contribution in [2.75, 3.05) is 0 Å². The Labute approximate surface area is 159 Å². The molecule has 0 fully saturated rings. The second-order valence-electron chi connectivity index (χ2n) is 6.50. The molecule has 0 spiro atoms. The van der Waals surface area contributed by atoms with Crippen LogP contribution in [-0.4, -0.2) is 42.2 Å². The molecule has 0 unspecified atom stereocenters. The summed E-state index contributed by atoms with van der Waals surface area (Å²) in [6.07, 6.45) is 1.62. The van der Waals surface area contributed by atoms with Gasteiger partial charge in [-0.3, -0.25) is 19.7 Å². The monoisotopic (exact) mass is 393 g/mol. The maximum absolute atomic E-state index is 12.4. The smallest absolute Gasteiger partial charge is 0.303 e. The molecule has 2 rings (SSSR count). The van der Waals surface area contributed by atoms with Crippen molar-refractivity contribution in [2.45, 2.75) is 42.3 Å². The summed E-state index contributed by atoms with van der Waals surface area (Å²) in [7, 11) is 1.72. The Morgan fingerprint density at radius 1 is 1.41 bits per heavy atom. The van der Waals surface area contributed by atoms with Crippen LogP contribution in [0.3, 0.4) is 0 Å². The molecule has 0 bridgehead atoms. The fraction of sp³-hybridized carbons (Fsp3) is 0.375. The summed E-state index contributed by atoms with van der Waals surface area (Å²) in [5, 5.41) is 31.0. The van der Waals surface area contributed by atoms with Crippen molar-refractivity contribution in [1.29, 1.82) is 0 Å². The first-order valence-corrected chi connectivity index (χ1v) is 8.75.